The summed E-state index contributed by atoms with van der Waals surface area (Å²) in [5.41, 5.74) is -1.05. The smallest absolute Gasteiger partial charge is 0.340 e. The van der Waals surface area contributed by atoms with Crippen LogP contribution in [0.5, 0.6) is 0 Å². The van der Waals surface area contributed by atoms with E-state index < -0.39 is 29.8 Å². The Morgan fingerprint density at radius 3 is 2.18 bits per heavy atom. The van der Waals surface area contributed by atoms with Crippen molar-refractivity contribution in [3.8, 4) is 0 Å². The van der Waals surface area contributed by atoms with Gasteiger partial charge in [0.2, 0.25) is 5.67 Å². The van der Waals surface area contributed by atoms with Crippen molar-refractivity contribution in [3.05, 3.63) is 11.1 Å². The van der Waals surface area contributed by atoms with E-state index in [0.29, 0.717) is 42.6 Å². The van der Waals surface area contributed by atoms with Gasteiger partial charge in [0.15, 0.2) is 0 Å². The number of hydrogen-bond acceptors (Lipinski definition) is 5. The maximum Gasteiger partial charge on any atom is 0.340 e. The van der Waals surface area contributed by atoms with Crippen LogP contribution in [0, 0.1) is 40.4 Å². The second kappa shape index (κ2) is 11.8. The van der Waals surface area contributed by atoms with Crippen molar-refractivity contribution in [1.82, 2.24) is 0 Å². The molecule has 0 aromatic carbocycles. The minimum Gasteiger partial charge on any atom is -0.479 e. The molecule has 9 atom stereocenters. The monoisotopic (exact) mass is 554 g/mol. The van der Waals surface area contributed by atoms with E-state index in [2.05, 4.69) is 27.7 Å². The van der Waals surface area contributed by atoms with Gasteiger partial charge in [0.05, 0.1) is 18.3 Å². The molecule has 0 bridgehead atoms. The molecule has 4 fully saturated rings. The van der Waals surface area contributed by atoms with E-state index in [1.54, 1.807) is 0 Å². The summed E-state index contributed by atoms with van der Waals surface area (Å²) in [6.45, 7) is 10.9. The molecule has 224 valence electrons. The summed E-state index contributed by atoms with van der Waals surface area (Å²) in [6.07, 6.45) is 6.64. The molecule has 4 saturated carbocycles. The summed E-state index contributed by atoms with van der Waals surface area (Å²) in [5.74, 6) is -0.952. The molecule has 0 amide bonds. The maximum absolute atomic E-state index is 12.3. The van der Waals surface area contributed by atoms with Crippen molar-refractivity contribution >= 4 is 11.9 Å². The van der Waals surface area contributed by atoms with Crippen molar-refractivity contribution in [3.63, 3.8) is 0 Å². The number of carbonyl (C=O) groups is 2. The van der Waals surface area contributed by atoms with Crippen LogP contribution in [-0.4, -0.2) is 61.5 Å². The van der Waals surface area contributed by atoms with Crippen LogP contribution in [0.1, 0.15) is 106 Å². The summed E-state index contributed by atoms with van der Waals surface area (Å²) < 4.78 is 11.9. The molecule has 7 nitrogen and oxygen atoms in total. The average Bonchev–Trinajstić information content (AvgIpc) is 3.06. The molecule has 4 rings (SSSR count). The van der Waals surface area contributed by atoms with E-state index in [1.807, 2.05) is 0 Å². The molecular formula is C31H51FO7. The van der Waals surface area contributed by atoms with Gasteiger partial charge in [-0.2, -0.15) is 0 Å². The van der Waals surface area contributed by atoms with Gasteiger partial charge in [-0.1, -0.05) is 34.1 Å². The Bertz CT molecular complexity index is 940. The fourth-order valence-corrected chi connectivity index (χ4v) is 8.71. The normalized spacial score (nSPS) is 41.1. The molecule has 5 N–H and O–H groups in total. The van der Waals surface area contributed by atoms with Crippen molar-refractivity contribution in [2.75, 3.05) is 0 Å². The first-order valence-electron chi connectivity index (χ1n) is 14.9. The number of halogens is 1. The third kappa shape index (κ3) is 6.38. The first-order chi connectivity index (χ1) is 17.9. The van der Waals surface area contributed by atoms with Crippen LogP contribution in [-0.2, 0) is 9.59 Å². The number of carboxylic acids is 2. The number of carboxylic acid groups (broad SMARTS) is 2. The van der Waals surface area contributed by atoms with Crippen LogP contribution < -0.4 is 0 Å². The Kier molecular flexibility index (Phi) is 9.66. The second-order valence-electron chi connectivity index (χ2n) is 14.2. The largest absolute Gasteiger partial charge is 0.479 e. The zero-order chi connectivity index (χ0) is 29.5. The molecule has 8 unspecified atom stereocenters. The number of alkyl halides is 1. The number of aliphatic hydroxyl groups excluding tert-OH is 3. The van der Waals surface area contributed by atoms with Gasteiger partial charge in [-0.05, 0) is 118 Å². The number of aliphatic carboxylic acids is 2. The van der Waals surface area contributed by atoms with E-state index >= 15 is 0 Å². The van der Waals surface area contributed by atoms with Crippen LogP contribution >= 0.6 is 0 Å². The molecule has 0 aromatic rings. The second-order valence-corrected chi connectivity index (χ2v) is 14.2. The van der Waals surface area contributed by atoms with Gasteiger partial charge in [0.25, 0.3) is 0 Å². The Morgan fingerprint density at radius 2 is 1.64 bits per heavy atom. The van der Waals surface area contributed by atoms with E-state index in [1.165, 1.54) is 0 Å². The van der Waals surface area contributed by atoms with Gasteiger partial charge in [0.1, 0.15) is 0 Å². The Balaban J connectivity index is 0.000000532. The van der Waals surface area contributed by atoms with Crippen molar-refractivity contribution in [2.24, 2.45) is 40.4 Å². The van der Waals surface area contributed by atoms with E-state index in [-0.39, 0.29) is 28.8 Å². The van der Waals surface area contributed by atoms with Crippen molar-refractivity contribution in [1.29, 1.82) is 0 Å². The van der Waals surface area contributed by atoms with Gasteiger partial charge in [0, 0.05) is 5.57 Å². The number of rotatable bonds is 6. The molecule has 0 spiro atoms. The van der Waals surface area contributed by atoms with E-state index in [9.17, 15) is 34.4 Å². The summed E-state index contributed by atoms with van der Waals surface area (Å²) in [6, 6.07) is 0. The van der Waals surface area contributed by atoms with E-state index in [4.69, 9.17) is 5.11 Å². The minimum atomic E-state index is -2.08. The van der Waals surface area contributed by atoms with Gasteiger partial charge in [-0.25, -0.2) is 14.0 Å². The molecule has 0 radical (unpaired) electrons. The molecule has 4 aliphatic carbocycles. The minimum absolute atomic E-state index is 0.0351. The van der Waals surface area contributed by atoms with Gasteiger partial charge >= 0.3 is 11.9 Å². The predicted octanol–water partition coefficient (Wildman–Crippen LogP) is 5.36. The van der Waals surface area contributed by atoms with Gasteiger partial charge in [-0.15, -0.1) is 0 Å². The van der Waals surface area contributed by atoms with Crippen LogP contribution in [0.15, 0.2) is 11.1 Å². The molecule has 0 aromatic heterocycles. The molecule has 8 heteroatoms. The third-order valence-electron chi connectivity index (χ3n) is 10.7. The summed E-state index contributed by atoms with van der Waals surface area (Å²) in [4.78, 5) is 21.9. The highest BCUT2D eigenvalue weighted by Crippen LogP contribution is 2.68. The fourth-order valence-electron chi connectivity index (χ4n) is 8.71. The average molecular weight is 555 g/mol. The highest BCUT2D eigenvalue weighted by Gasteiger charge is 2.64. The lowest BCUT2D eigenvalue weighted by Crippen LogP contribution is -2.59. The molecule has 0 heterocycles. The first kappa shape index (κ1) is 32.0. The van der Waals surface area contributed by atoms with Crippen LogP contribution in [0.2, 0.25) is 0 Å². The van der Waals surface area contributed by atoms with Crippen LogP contribution in [0.25, 0.3) is 0 Å². The zero-order valence-corrected chi connectivity index (χ0v) is 24.6. The Hall–Kier alpha value is -1.51. The molecule has 39 heavy (non-hydrogen) atoms. The lowest BCUT2D eigenvalue weighted by Gasteiger charge is -2.62. The first-order valence-corrected chi connectivity index (χ1v) is 14.9. The Labute approximate surface area is 232 Å². The summed E-state index contributed by atoms with van der Waals surface area (Å²) in [7, 11) is 0. The predicted molar refractivity (Wildman–Crippen MR) is 147 cm³/mol. The lowest BCUT2D eigenvalue weighted by atomic mass is 9.43. The highest BCUT2D eigenvalue weighted by molar-refractivity contribution is 5.88. The van der Waals surface area contributed by atoms with Crippen molar-refractivity contribution in [2.45, 2.75) is 130 Å². The zero-order valence-electron chi connectivity index (χ0n) is 24.6. The maximum atomic E-state index is 12.3. The van der Waals surface area contributed by atoms with Gasteiger partial charge < -0.3 is 25.5 Å². The topological polar surface area (TPSA) is 135 Å². The Morgan fingerprint density at radius 1 is 1.03 bits per heavy atom. The summed E-state index contributed by atoms with van der Waals surface area (Å²) >= 11 is 0. The molecule has 0 saturated heterocycles. The van der Waals surface area contributed by atoms with Crippen molar-refractivity contribution < 1.29 is 39.5 Å². The van der Waals surface area contributed by atoms with Gasteiger partial charge in [-0.3, -0.25) is 0 Å². The van der Waals surface area contributed by atoms with Crippen LogP contribution in [0.3, 0.4) is 0 Å². The fraction of sp³-hybridized carbons (Fsp3) is 0.871. The molecule has 4 aliphatic rings. The number of aliphatic hydroxyl groups is 3. The third-order valence-corrected chi connectivity index (χ3v) is 10.7. The molecular weight excluding hydrogens is 503 g/mol. The standard InChI is InChI=1S/C27H44O5.C4H7FO2/c1-15(2)6-5-7-18(25(31)32)23-19-8-9-20-24(27(19,4)14-22(23)30)21(29)13-16-12-17(28)10-11-26(16,20)3;1-4(2,5)3(6)7/h15-17,19-22,24,28-30H,5-14H2,1-4H3,(H,31,32);1-2H3,(H,6,7)/b23-18-;/t16?,17-,19?,20?,21?,22?,24?,26?,27?;/m1./s1. The summed E-state index contributed by atoms with van der Waals surface area (Å²) in [5, 5.41) is 50.8. The lowest BCUT2D eigenvalue weighted by molar-refractivity contribution is -0.179. The SMILES string of the molecule is CC(C)(F)C(=O)O.CC(C)CCC/C(C(=O)O)=C1/C(O)CC2(C)C1CCC1C2C(O)CC2C[C@H](O)CCC21C. The number of hydrogen-bond donors (Lipinski definition) is 5. The highest BCUT2D eigenvalue weighted by atomic mass is 19.1. The van der Waals surface area contributed by atoms with E-state index in [0.717, 1.165) is 64.4 Å². The molecule has 0 aliphatic heterocycles. The number of fused-ring (bicyclic) bond motifs is 5. The quantitative estimate of drug-likeness (QED) is 0.279. The van der Waals surface area contributed by atoms with Crippen LogP contribution in [0.4, 0.5) is 4.39 Å².